The van der Waals surface area contributed by atoms with Crippen molar-refractivity contribution in [2.75, 3.05) is 0 Å². The molecule has 5 nitrogen and oxygen atoms in total. The van der Waals surface area contributed by atoms with E-state index in [0.29, 0.717) is 38.9 Å². The van der Waals surface area contributed by atoms with Gasteiger partial charge in [-0.05, 0) is 119 Å². The summed E-state index contributed by atoms with van der Waals surface area (Å²) in [7, 11) is 0. The molecule has 0 amide bonds. The number of fused-ring (bicyclic) bond motifs is 3. The Bertz CT molecular complexity index is 3760. The Labute approximate surface area is 387 Å². The number of rotatable bonds is 13. The molecule has 6 aromatic carbocycles. The van der Waals surface area contributed by atoms with Crippen LogP contribution < -0.4 is 0 Å². The lowest BCUT2D eigenvalue weighted by atomic mass is 9.94. The van der Waals surface area contributed by atoms with Crippen molar-refractivity contribution in [2.45, 2.75) is 38.2 Å². The summed E-state index contributed by atoms with van der Waals surface area (Å²) < 4.78 is 137. The minimum atomic E-state index is -3.17. The zero-order chi connectivity index (χ0) is 54.9. The lowest BCUT2D eigenvalue weighted by Gasteiger charge is -2.12. The molecule has 10 rings (SSSR count). The Morgan fingerprint density at radius 1 is 0.460 bits per heavy atom. The predicted molar refractivity (Wildman–Crippen MR) is 255 cm³/mol. The molecule has 0 unspecified atom stereocenters. The molecule has 0 aliphatic carbocycles. The largest absolute Gasteiger partial charge is 0.455 e. The van der Waals surface area contributed by atoms with Crippen molar-refractivity contribution in [1.29, 1.82) is 5.26 Å². The molecule has 0 spiro atoms. The number of nitriles is 1. The molecule has 0 fully saturated rings. The quantitative estimate of drug-likeness (QED) is 0.116. The molecule has 4 aromatic heterocycles. The standard InChI is InChI=1S/C58H44N4O/c59-36-46-34-52(47-11-4-1-5-12-47)57-51-18-10-17-50(58(51)63-56(57)35-46)55-30-27-42(39-62-55)21-24-45-32-43(22-19-40-25-28-53(60-37-40)48-13-6-2-7-14-48)31-44(33-45)23-20-41-26-29-54(61-38-41)49-15-8-3-9-16-49/h1-18,25-35,37-39H,19-24H2/i19D2,20D2,21D2,22D2,23D2,24D2,34D,35D. The fourth-order valence-electron chi connectivity index (χ4n) is 7.27. The van der Waals surface area contributed by atoms with Gasteiger partial charge in [0.2, 0.25) is 0 Å². The number of aromatic nitrogens is 3. The molecular weight excluding hydrogens is 769 g/mol. The van der Waals surface area contributed by atoms with Crippen molar-refractivity contribution in [3.05, 3.63) is 233 Å². The molecule has 0 saturated carbocycles. The van der Waals surface area contributed by atoms with Crippen LogP contribution in [0.3, 0.4) is 0 Å². The highest BCUT2D eigenvalue weighted by Crippen LogP contribution is 2.41. The second-order valence-corrected chi connectivity index (χ2v) is 14.5. The van der Waals surface area contributed by atoms with Crippen LogP contribution in [0.15, 0.2) is 199 Å². The van der Waals surface area contributed by atoms with Crippen LogP contribution in [-0.4, -0.2) is 15.0 Å². The highest BCUT2D eigenvalue weighted by atomic mass is 16.3. The first-order chi connectivity index (χ1) is 36.5. The molecule has 0 bridgehead atoms. The summed E-state index contributed by atoms with van der Waals surface area (Å²) in [6, 6.07) is 45.2. The summed E-state index contributed by atoms with van der Waals surface area (Å²) in [6.45, 7) is 0. The van der Waals surface area contributed by atoms with E-state index in [1.165, 1.54) is 48.8 Å². The third-order valence-electron chi connectivity index (χ3n) is 10.3. The van der Waals surface area contributed by atoms with Crippen LogP contribution in [0, 0.1) is 11.3 Å². The summed E-state index contributed by atoms with van der Waals surface area (Å²) in [5, 5.41) is 11.0. The molecule has 0 aliphatic heterocycles. The van der Waals surface area contributed by atoms with Crippen molar-refractivity contribution in [3.63, 3.8) is 0 Å². The van der Waals surface area contributed by atoms with Crippen molar-refractivity contribution >= 4 is 21.9 Å². The highest BCUT2D eigenvalue weighted by Gasteiger charge is 2.18. The van der Waals surface area contributed by atoms with Crippen LogP contribution in [0.5, 0.6) is 0 Å². The third-order valence-corrected chi connectivity index (χ3v) is 10.3. The lowest BCUT2D eigenvalue weighted by molar-refractivity contribution is 0.669. The van der Waals surface area contributed by atoms with E-state index < -0.39 is 54.9 Å². The van der Waals surface area contributed by atoms with Crippen molar-refractivity contribution < 1.29 is 23.6 Å². The number of pyridine rings is 3. The zero-order valence-electron chi connectivity index (χ0n) is 47.5. The van der Waals surface area contributed by atoms with Crippen LogP contribution >= 0.6 is 0 Å². The first-order valence-electron chi connectivity index (χ1n) is 27.1. The van der Waals surface area contributed by atoms with Crippen LogP contribution in [0.4, 0.5) is 0 Å². The van der Waals surface area contributed by atoms with E-state index in [1.54, 1.807) is 42.5 Å². The van der Waals surface area contributed by atoms with Gasteiger partial charge in [-0.15, -0.1) is 0 Å². The van der Waals surface area contributed by atoms with Gasteiger partial charge in [-0.25, -0.2) is 0 Å². The van der Waals surface area contributed by atoms with Gasteiger partial charge in [0.1, 0.15) is 11.2 Å². The maximum absolute atomic E-state index is 10.0. The van der Waals surface area contributed by atoms with Crippen molar-refractivity contribution in [1.82, 2.24) is 15.0 Å². The van der Waals surface area contributed by atoms with Crippen LogP contribution in [0.1, 0.15) is 58.1 Å². The molecule has 302 valence electrons. The van der Waals surface area contributed by atoms with Gasteiger partial charge in [-0.1, -0.05) is 140 Å². The number of furan rings is 1. The first-order valence-corrected chi connectivity index (χ1v) is 20.1. The SMILES string of the molecule is [2H]c1c(C#N)c([2H])c2oc3c(-c4ccc(C([2H])([2H])C([2H])([2H])c5cc(C([2H])([2H])C([2H])([2H])c6ccc(-c7ccccc7)nc6)cc(C([2H])([2H])C([2H])([2H])c6ccc(-c7ccccc7)nc6)c5)cn4)cccc3c2c1-c1ccccc1. The van der Waals surface area contributed by atoms with Gasteiger partial charge in [-0.3, -0.25) is 15.0 Å². The smallest absolute Gasteiger partial charge is 0.144 e. The number of hydrogen-bond acceptors (Lipinski definition) is 5. The Balaban J connectivity index is 1.06. The Morgan fingerprint density at radius 3 is 1.38 bits per heavy atom. The van der Waals surface area contributed by atoms with Gasteiger partial charge in [0.15, 0.2) is 0 Å². The Morgan fingerprint density at radius 2 is 0.921 bits per heavy atom. The van der Waals surface area contributed by atoms with E-state index in [9.17, 15) is 21.7 Å². The van der Waals surface area contributed by atoms with Crippen LogP contribution in [-0.2, 0) is 38.2 Å². The molecule has 4 heterocycles. The maximum Gasteiger partial charge on any atom is 0.144 e. The fraction of sp³-hybridized carbons (Fsp3) is 0.103. The van der Waals surface area contributed by atoms with E-state index in [4.69, 9.17) is 7.16 Å². The Kier molecular flexibility index (Phi) is 7.53. The van der Waals surface area contributed by atoms with E-state index in [-0.39, 0.29) is 51.2 Å². The van der Waals surface area contributed by atoms with Crippen molar-refractivity contribution in [3.8, 4) is 51.0 Å². The highest BCUT2D eigenvalue weighted by molar-refractivity contribution is 6.15. The van der Waals surface area contributed by atoms with Gasteiger partial charge in [0.05, 0.1) is 31.5 Å². The topological polar surface area (TPSA) is 75.6 Å². The Hall–Kier alpha value is -7.94. The number of para-hydroxylation sites is 1. The maximum atomic E-state index is 10.0. The third kappa shape index (κ3) is 8.80. The first kappa shape index (κ1) is 26.4. The molecule has 0 N–H and O–H groups in total. The molecule has 0 atom stereocenters. The number of nitrogens with zero attached hydrogens (tertiary/aromatic N) is 4. The van der Waals surface area contributed by atoms with Crippen LogP contribution in [0.2, 0.25) is 0 Å². The van der Waals surface area contributed by atoms with Gasteiger partial charge in [0.25, 0.3) is 0 Å². The predicted octanol–water partition coefficient (Wildman–Crippen LogP) is 13.7. The second kappa shape index (κ2) is 18.0. The fourth-order valence-corrected chi connectivity index (χ4v) is 7.27. The summed E-state index contributed by atoms with van der Waals surface area (Å²) in [5.74, 6) is 0. The average Bonchev–Trinajstić information content (AvgIpc) is 3.89. The average molecular weight is 827 g/mol. The van der Waals surface area contributed by atoms with Gasteiger partial charge in [0, 0.05) is 62.5 Å². The number of hydrogen-bond donors (Lipinski definition) is 0. The van der Waals surface area contributed by atoms with Crippen LogP contribution in [0.25, 0.3) is 66.8 Å². The molecular formula is C58H44N4O. The summed E-state index contributed by atoms with van der Waals surface area (Å²) in [4.78, 5) is 13.4. The van der Waals surface area contributed by atoms with E-state index in [0.717, 1.165) is 35.5 Å². The van der Waals surface area contributed by atoms with E-state index >= 15 is 0 Å². The summed E-state index contributed by atoms with van der Waals surface area (Å²) in [6.07, 6.45) is -14.8. The molecule has 10 aromatic rings. The van der Waals surface area contributed by atoms with Gasteiger partial charge >= 0.3 is 0 Å². The van der Waals surface area contributed by atoms with Crippen molar-refractivity contribution in [2.24, 2.45) is 0 Å². The lowest BCUT2D eigenvalue weighted by Crippen LogP contribution is -2.00. The van der Waals surface area contributed by atoms with E-state index in [2.05, 4.69) is 15.0 Å². The molecule has 5 heteroatoms. The zero-order valence-corrected chi connectivity index (χ0v) is 33.5. The minimum Gasteiger partial charge on any atom is -0.455 e. The summed E-state index contributed by atoms with van der Waals surface area (Å²) in [5.41, 5.74) is 1.76. The summed E-state index contributed by atoms with van der Waals surface area (Å²) >= 11 is 0. The van der Waals surface area contributed by atoms with Gasteiger partial charge in [-0.2, -0.15) is 5.26 Å². The normalized spacial score (nSPS) is 15.9. The molecule has 0 radical (unpaired) electrons. The second-order valence-electron chi connectivity index (χ2n) is 14.5. The molecule has 0 aliphatic rings. The minimum absolute atomic E-state index is 0.0757. The monoisotopic (exact) mass is 826 g/mol. The number of aryl methyl sites for hydroxylation is 6. The molecule has 63 heavy (non-hydrogen) atoms. The van der Waals surface area contributed by atoms with E-state index in [1.807, 2.05) is 72.8 Å². The van der Waals surface area contributed by atoms with Gasteiger partial charge < -0.3 is 4.42 Å². The molecule has 0 saturated heterocycles. The number of benzene rings is 6.